The number of hydrogen-bond donors (Lipinski definition) is 7. The first-order valence-electron chi connectivity index (χ1n) is 17.5. The first-order chi connectivity index (χ1) is 24.5. The number of carbonyl (C=O) groups is 2. The topological polar surface area (TPSA) is 217 Å². The minimum absolute atomic E-state index is 0.0169. The average molecular weight is 691 g/mol. The third-order valence-corrected chi connectivity index (χ3v) is 10.1. The summed E-state index contributed by atoms with van der Waals surface area (Å²) in [6.07, 6.45) is 13.3. The summed E-state index contributed by atoms with van der Waals surface area (Å²) in [4.78, 5) is 42.0. The van der Waals surface area contributed by atoms with Gasteiger partial charge in [-0.3, -0.25) is 19.7 Å². The highest BCUT2D eigenvalue weighted by atomic mass is 16.6. The number of aromatic nitrogens is 3. The molecule has 51 heavy (non-hydrogen) atoms. The van der Waals surface area contributed by atoms with Gasteiger partial charge in [0.05, 0.1) is 15.8 Å². The molecule has 12 heteroatoms. The molecule has 3 aromatic carbocycles. The molecule has 12 nitrogen and oxygen atoms in total. The molecule has 0 spiro atoms. The van der Waals surface area contributed by atoms with Crippen LogP contribution >= 0.6 is 0 Å². The van der Waals surface area contributed by atoms with E-state index in [9.17, 15) is 19.7 Å². The molecule has 264 valence electrons. The summed E-state index contributed by atoms with van der Waals surface area (Å²) in [6, 6.07) is 16.8. The molecule has 0 amide bonds. The normalized spacial score (nSPS) is 16.6. The Bertz CT molecular complexity index is 2240. The fourth-order valence-corrected chi connectivity index (χ4v) is 6.72. The first-order valence-corrected chi connectivity index (χ1v) is 17.5. The van der Waals surface area contributed by atoms with Gasteiger partial charge in [0, 0.05) is 53.9 Å². The molecule has 0 saturated heterocycles. The Kier molecular flexibility index (Phi) is 9.37. The van der Waals surface area contributed by atoms with Gasteiger partial charge in [0.15, 0.2) is 0 Å². The van der Waals surface area contributed by atoms with Crippen LogP contribution in [-0.4, -0.2) is 54.1 Å². The molecule has 6 aromatic rings. The van der Waals surface area contributed by atoms with Crippen molar-refractivity contribution in [2.24, 2.45) is 11.5 Å². The van der Waals surface area contributed by atoms with Crippen molar-refractivity contribution >= 4 is 50.3 Å². The molecule has 9 rings (SSSR count). The standard InChI is InChI=1S/C14H15N3O4.C14H16N2O2.C11H11N/c15-10(14(18)19)3-9-6-16-11-4-8(7-1-2-7)5-12(13(9)11)17(20)21;15-12(14(17)18)5-10-7-16-13-6-9(8-1-2-8)3-4-11(10)13;1-2-8(1)10-4-3-9-5-6-12-11(9)7-10/h4-7,10,16H,1-3,15H2,(H,18,19);3-4,6-8,12,16H,1-2,5,15H2,(H,17,18);3-8,12H,1-2H2/t10-;12-;/m00./s1. The number of benzene rings is 3. The van der Waals surface area contributed by atoms with Gasteiger partial charge in [-0.05, 0) is 114 Å². The van der Waals surface area contributed by atoms with Crippen LogP contribution in [0, 0.1) is 10.1 Å². The minimum Gasteiger partial charge on any atom is -0.480 e. The number of rotatable bonds is 10. The van der Waals surface area contributed by atoms with Crippen LogP contribution in [0.15, 0.2) is 73.2 Å². The number of nitro groups is 1. The Labute approximate surface area is 293 Å². The highest BCUT2D eigenvalue weighted by molar-refractivity contribution is 5.93. The molecule has 0 aliphatic heterocycles. The molecule has 0 radical (unpaired) electrons. The van der Waals surface area contributed by atoms with E-state index in [1.54, 1.807) is 12.3 Å². The summed E-state index contributed by atoms with van der Waals surface area (Å²) in [5.41, 5.74) is 19.5. The van der Waals surface area contributed by atoms with Gasteiger partial charge in [-0.1, -0.05) is 24.3 Å². The van der Waals surface area contributed by atoms with Crippen LogP contribution in [0.25, 0.3) is 32.7 Å². The van der Waals surface area contributed by atoms with E-state index in [0.29, 0.717) is 28.8 Å². The summed E-state index contributed by atoms with van der Waals surface area (Å²) in [6.45, 7) is 0. The fraction of sp³-hybridized carbons (Fsp3) is 0.333. The van der Waals surface area contributed by atoms with Gasteiger partial charge >= 0.3 is 11.9 Å². The first kappa shape index (κ1) is 34.0. The fourth-order valence-electron chi connectivity index (χ4n) is 6.72. The van der Waals surface area contributed by atoms with Crippen LogP contribution in [0.3, 0.4) is 0 Å². The number of aliphatic carboxylic acids is 2. The largest absolute Gasteiger partial charge is 0.480 e. The highest BCUT2D eigenvalue weighted by Gasteiger charge is 2.29. The molecule has 3 fully saturated rings. The summed E-state index contributed by atoms with van der Waals surface area (Å²) >= 11 is 0. The van der Waals surface area contributed by atoms with Crippen molar-refractivity contribution in [2.45, 2.75) is 81.2 Å². The van der Waals surface area contributed by atoms with Crippen molar-refractivity contribution in [2.75, 3.05) is 0 Å². The highest BCUT2D eigenvalue weighted by Crippen LogP contribution is 2.44. The maximum atomic E-state index is 11.3. The molecule has 3 aromatic heterocycles. The van der Waals surface area contributed by atoms with E-state index in [4.69, 9.17) is 21.7 Å². The number of nitro benzene ring substituents is 1. The molecule has 2 atom stereocenters. The van der Waals surface area contributed by atoms with Crippen LogP contribution in [0.5, 0.6) is 0 Å². The maximum Gasteiger partial charge on any atom is 0.320 e. The van der Waals surface area contributed by atoms with E-state index in [1.165, 1.54) is 47.7 Å². The summed E-state index contributed by atoms with van der Waals surface area (Å²) in [5.74, 6) is -0.0955. The maximum absolute atomic E-state index is 11.3. The van der Waals surface area contributed by atoms with Crippen LogP contribution in [0.2, 0.25) is 0 Å². The zero-order chi connectivity index (χ0) is 35.8. The van der Waals surface area contributed by atoms with Crippen LogP contribution in [0.4, 0.5) is 5.69 Å². The second-order valence-corrected chi connectivity index (χ2v) is 14.1. The van der Waals surface area contributed by atoms with Gasteiger partial charge in [0.25, 0.3) is 5.69 Å². The Hall–Kier alpha value is -5.46. The van der Waals surface area contributed by atoms with Crippen molar-refractivity contribution in [1.29, 1.82) is 0 Å². The summed E-state index contributed by atoms with van der Waals surface area (Å²) in [5, 5.41) is 31.9. The van der Waals surface area contributed by atoms with Gasteiger partial charge in [0.2, 0.25) is 0 Å². The Morgan fingerprint density at radius 3 is 1.84 bits per heavy atom. The lowest BCUT2D eigenvalue weighted by molar-refractivity contribution is -0.383. The van der Waals surface area contributed by atoms with Crippen LogP contribution in [-0.2, 0) is 22.4 Å². The lowest BCUT2D eigenvalue weighted by atomic mass is 10.0. The molecular formula is C39H42N6O6. The van der Waals surface area contributed by atoms with E-state index in [0.717, 1.165) is 46.7 Å². The van der Waals surface area contributed by atoms with Gasteiger partial charge in [-0.25, -0.2) is 0 Å². The second kappa shape index (κ2) is 14.0. The number of H-pyrrole nitrogens is 3. The Morgan fingerprint density at radius 2 is 1.24 bits per heavy atom. The van der Waals surface area contributed by atoms with Crippen molar-refractivity contribution in [1.82, 2.24) is 15.0 Å². The second-order valence-electron chi connectivity index (χ2n) is 14.1. The van der Waals surface area contributed by atoms with E-state index in [1.807, 2.05) is 18.5 Å². The van der Waals surface area contributed by atoms with Crippen LogP contribution < -0.4 is 11.5 Å². The zero-order valence-electron chi connectivity index (χ0n) is 28.1. The number of hydrogen-bond acceptors (Lipinski definition) is 6. The van der Waals surface area contributed by atoms with Crippen molar-refractivity contribution in [3.8, 4) is 0 Å². The van der Waals surface area contributed by atoms with Crippen molar-refractivity contribution in [3.05, 3.63) is 111 Å². The van der Waals surface area contributed by atoms with E-state index in [2.05, 4.69) is 57.4 Å². The molecular weight excluding hydrogens is 648 g/mol. The predicted molar refractivity (Wildman–Crippen MR) is 196 cm³/mol. The van der Waals surface area contributed by atoms with Crippen molar-refractivity contribution in [3.63, 3.8) is 0 Å². The number of carboxylic acids is 2. The monoisotopic (exact) mass is 690 g/mol. The van der Waals surface area contributed by atoms with Gasteiger partial charge < -0.3 is 36.6 Å². The number of nitrogens with two attached hydrogens (primary N) is 2. The zero-order valence-corrected chi connectivity index (χ0v) is 28.1. The predicted octanol–water partition coefficient (Wildman–Crippen LogP) is 6.95. The third kappa shape index (κ3) is 7.82. The number of fused-ring (bicyclic) bond motifs is 3. The molecule has 3 aliphatic rings. The number of aromatic amines is 3. The van der Waals surface area contributed by atoms with Crippen molar-refractivity contribution < 1.29 is 24.7 Å². The van der Waals surface area contributed by atoms with Gasteiger partial charge in [0.1, 0.15) is 12.1 Å². The number of non-ortho nitro benzene ring substituents is 1. The molecule has 9 N–H and O–H groups in total. The van der Waals surface area contributed by atoms with Gasteiger partial charge in [-0.2, -0.15) is 0 Å². The molecule has 3 aliphatic carbocycles. The molecule has 0 unspecified atom stereocenters. The summed E-state index contributed by atoms with van der Waals surface area (Å²) < 4.78 is 0. The van der Waals surface area contributed by atoms with Crippen LogP contribution in [0.1, 0.15) is 84.1 Å². The van der Waals surface area contributed by atoms with Gasteiger partial charge in [-0.15, -0.1) is 0 Å². The Balaban J connectivity index is 0.000000123. The molecule has 3 heterocycles. The lowest BCUT2D eigenvalue weighted by Crippen LogP contribution is -2.32. The summed E-state index contributed by atoms with van der Waals surface area (Å²) in [7, 11) is 0. The molecule has 3 saturated carbocycles. The average Bonchev–Trinajstić information content (AvgIpc) is 4.05. The number of nitrogens with zero attached hydrogens (tertiary/aromatic N) is 1. The lowest BCUT2D eigenvalue weighted by Gasteiger charge is -2.06. The SMILES string of the molecule is N[C@@H](Cc1c[nH]c2cc(C3CC3)cc([N+](=O)[O-])c12)C(=O)O.N[C@@H](Cc1c[nH]c2cc(C3CC3)ccc12)C(=O)O.c1cc2ccc(C3CC3)cc2[nH]1. The van der Waals surface area contributed by atoms with E-state index < -0.39 is 28.9 Å². The van der Waals surface area contributed by atoms with E-state index in [-0.39, 0.29) is 12.1 Å². The number of carboxylic acid groups (broad SMARTS) is 2. The quantitative estimate of drug-likeness (QED) is 0.0588. The smallest absolute Gasteiger partial charge is 0.320 e. The number of nitrogens with one attached hydrogen (secondary N) is 3. The minimum atomic E-state index is -1.12. The molecule has 0 bridgehead atoms. The third-order valence-electron chi connectivity index (χ3n) is 10.1. The Morgan fingerprint density at radius 1 is 0.706 bits per heavy atom. The van der Waals surface area contributed by atoms with E-state index >= 15 is 0 Å².